The smallest absolute Gasteiger partial charge is 0.315 e. The van der Waals surface area contributed by atoms with Crippen LogP contribution in [0.5, 0.6) is 0 Å². The Balaban J connectivity index is 2.10. The molecule has 0 radical (unpaired) electrons. The summed E-state index contributed by atoms with van der Waals surface area (Å²) in [4.78, 5) is 11.6. The van der Waals surface area contributed by atoms with Crippen molar-refractivity contribution in [1.29, 1.82) is 0 Å². The maximum Gasteiger partial charge on any atom is 0.315 e. The fourth-order valence-corrected chi connectivity index (χ4v) is 1.97. The molecule has 0 saturated heterocycles. The number of hydrogen-bond donors (Lipinski definition) is 2. The van der Waals surface area contributed by atoms with E-state index in [9.17, 15) is 4.79 Å². The van der Waals surface area contributed by atoms with Gasteiger partial charge in [0.2, 0.25) is 0 Å². The van der Waals surface area contributed by atoms with E-state index in [1.165, 1.54) is 10.8 Å². The number of carbonyl (C=O) groups is 1. The lowest BCUT2D eigenvalue weighted by Crippen LogP contribution is -2.37. The normalized spacial score (nSPS) is 11.8. The zero-order valence-electron chi connectivity index (χ0n) is 11.0. The van der Waals surface area contributed by atoms with Crippen LogP contribution >= 0.6 is 0 Å². The van der Waals surface area contributed by atoms with Crippen LogP contribution in [0.25, 0.3) is 10.8 Å². The van der Waals surface area contributed by atoms with Gasteiger partial charge < -0.3 is 10.6 Å². The third-order valence-electron chi connectivity index (χ3n) is 3.03. The van der Waals surface area contributed by atoms with Crippen LogP contribution in [-0.4, -0.2) is 12.6 Å². The molecule has 0 fully saturated rings. The largest absolute Gasteiger partial charge is 0.335 e. The Hall–Kier alpha value is -2.29. The van der Waals surface area contributed by atoms with Crippen LogP contribution < -0.4 is 10.6 Å². The molecule has 2 N–H and O–H groups in total. The van der Waals surface area contributed by atoms with Gasteiger partial charge in [0.05, 0.1) is 6.04 Å². The van der Waals surface area contributed by atoms with Crippen LogP contribution in [-0.2, 0) is 0 Å². The highest BCUT2D eigenvalue weighted by Crippen LogP contribution is 2.20. The highest BCUT2D eigenvalue weighted by Gasteiger charge is 2.08. The summed E-state index contributed by atoms with van der Waals surface area (Å²) < 4.78 is 0. The third kappa shape index (κ3) is 3.35. The monoisotopic (exact) mass is 254 g/mol. The highest BCUT2D eigenvalue weighted by molar-refractivity contribution is 5.83. The van der Waals surface area contributed by atoms with E-state index < -0.39 is 0 Å². The number of benzene rings is 2. The second kappa shape index (κ2) is 6.05. The lowest BCUT2D eigenvalue weighted by molar-refractivity contribution is 0.239. The predicted molar refractivity (Wildman–Crippen MR) is 79.1 cm³/mol. The molecule has 0 aliphatic heterocycles. The SMILES string of the molecule is C=CCNC(=O)N[C@H](C)c1ccc2ccccc2c1. The van der Waals surface area contributed by atoms with E-state index in [1.807, 2.05) is 25.1 Å². The van der Waals surface area contributed by atoms with Gasteiger partial charge in [-0.2, -0.15) is 0 Å². The molecule has 0 bridgehead atoms. The second-order valence-corrected chi connectivity index (χ2v) is 4.47. The maximum atomic E-state index is 11.6. The first-order valence-electron chi connectivity index (χ1n) is 6.34. The number of hydrogen-bond acceptors (Lipinski definition) is 1. The molecule has 0 aliphatic carbocycles. The Morgan fingerprint density at radius 3 is 2.74 bits per heavy atom. The van der Waals surface area contributed by atoms with Gasteiger partial charge in [-0.15, -0.1) is 6.58 Å². The first kappa shape index (κ1) is 13.1. The molecule has 2 aromatic rings. The fraction of sp³-hybridized carbons (Fsp3) is 0.188. The minimum Gasteiger partial charge on any atom is -0.335 e. The molecular weight excluding hydrogens is 236 g/mol. The number of rotatable bonds is 4. The van der Waals surface area contributed by atoms with Crippen molar-refractivity contribution in [1.82, 2.24) is 10.6 Å². The van der Waals surface area contributed by atoms with Crippen molar-refractivity contribution in [3.05, 3.63) is 60.7 Å². The van der Waals surface area contributed by atoms with Crippen molar-refractivity contribution in [2.75, 3.05) is 6.54 Å². The van der Waals surface area contributed by atoms with E-state index in [0.717, 1.165) is 5.56 Å². The Morgan fingerprint density at radius 1 is 1.26 bits per heavy atom. The van der Waals surface area contributed by atoms with E-state index in [4.69, 9.17) is 0 Å². The molecule has 2 amide bonds. The standard InChI is InChI=1S/C16H18N2O/c1-3-10-17-16(19)18-12(2)14-9-8-13-6-4-5-7-15(13)11-14/h3-9,11-12H,1,10H2,2H3,(H2,17,18,19)/t12-/m1/s1. The molecule has 19 heavy (non-hydrogen) atoms. The summed E-state index contributed by atoms with van der Waals surface area (Å²) in [6, 6.07) is 14.2. The maximum absolute atomic E-state index is 11.6. The summed E-state index contributed by atoms with van der Waals surface area (Å²) in [7, 11) is 0. The van der Waals surface area contributed by atoms with Crippen LogP contribution in [0.15, 0.2) is 55.1 Å². The van der Waals surface area contributed by atoms with Gasteiger partial charge >= 0.3 is 6.03 Å². The molecule has 1 atom stereocenters. The van der Waals surface area contributed by atoms with Crippen LogP contribution in [0.3, 0.4) is 0 Å². The Kier molecular flexibility index (Phi) is 4.18. The van der Waals surface area contributed by atoms with Crippen molar-refractivity contribution in [3.63, 3.8) is 0 Å². The number of carbonyl (C=O) groups excluding carboxylic acids is 1. The van der Waals surface area contributed by atoms with Crippen molar-refractivity contribution < 1.29 is 4.79 Å². The summed E-state index contributed by atoms with van der Waals surface area (Å²) in [5, 5.41) is 7.98. The van der Waals surface area contributed by atoms with E-state index >= 15 is 0 Å². The summed E-state index contributed by atoms with van der Waals surface area (Å²) in [6.45, 7) is 6.00. The van der Waals surface area contributed by atoms with Gasteiger partial charge in [0, 0.05) is 6.54 Å². The number of amides is 2. The highest BCUT2D eigenvalue weighted by atomic mass is 16.2. The van der Waals surface area contributed by atoms with E-state index in [0.29, 0.717) is 6.54 Å². The zero-order valence-corrected chi connectivity index (χ0v) is 11.0. The van der Waals surface area contributed by atoms with E-state index in [2.05, 4.69) is 41.5 Å². The zero-order chi connectivity index (χ0) is 13.7. The first-order valence-corrected chi connectivity index (χ1v) is 6.34. The van der Waals surface area contributed by atoms with Crippen LogP contribution in [0.2, 0.25) is 0 Å². The molecule has 98 valence electrons. The number of urea groups is 1. The van der Waals surface area contributed by atoms with Crippen molar-refractivity contribution in [2.24, 2.45) is 0 Å². The molecule has 0 saturated carbocycles. The predicted octanol–water partition coefficient (Wildman–Crippen LogP) is 3.39. The van der Waals surface area contributed by atoms with E-state index in [1.54, 1.807) is 6.08 Å². The third-order valence-corrected chi connectivity index (χ3v) is 3.03. The molecule has 2 rings (SSSR count). The summed E-state index contributed by atoms with van der Waals surface area (Å²) in [5.74, 6) is 0. The molecule has 0 spiro atoms. The van der Waals surface area contributed by atoms with Crippen LogP contribution in [0, 0.1) is 0 Å². The van der Waals surface area contributed by atoms with Gasteiger partial charge in [-0.05, 0) is 29.3 Å². The quantitative estimate of drug-likeness (QED) is 0.807. The second-order valence-electron chi connectivity index (χ2n) is 4.47. The minimum absolute atomic E-state index is 0.0329. The molecule has 0 aromatic heterocycles. The average Bonchev–Trinajstić information content (AvgIpc) is 2.44. The van der Waals surface area contributed by atoms with Gasteiger partial charge in [0.15, 0.2) is 0 Å². The summed E-state index contributed by atoms with van der Waals surface area (Å²) in [6.07, 6.45) is 1.65. The molecule has 0 aliphatic rings. The van der Waals surface area contributed by atoms with Crippen molar-refractivity contribution in [2.45, 2.75) is 13.0 Å². The molecule has 3 nitrogen and oxygen atoms in total. The van der Waals surface area contributed by atoms with Gasteiger partial charge in [0.1, 0.15) is 0 Å². The first-order chi connectivity index (χ1) is 9.20. The molecular formula is C16H18N2O. The Labute approximate surface area is 113 Å². The van der Waals surface area contributed by atoms with Gasteiger partial charge in [-0.1, -0.05) is 42.5 Å². The molecule has 3 heteroatoms. The van der Waals surface area contributed by atoms with Crippen LogP contribution in [0.1, 0.15) is 18.5 Å². The summed E-state index contributed by atoms with van der Waals surface area (Å²) in [5.41, 5.74) is 1.09. The van der Waals surface area contributed by atoms with E-state index in [-0.39, 0.29) is 12.1 Å². The minimum atomic E-state index is -0.180. The lowest BCUT2D eigenvalue weighted by atomic mass is 10.0. The van der Waals surface area contributed by atoms with Crippen molar-refractivity contribution >= 4 is 16.8 Å². The molecule has 0 heterocycles. The van der Waals surface area contributed by atoms with Gasteiger partial charge in [0.25, 0.3) is 0 Å². The summed E-state index contributed by atoms with van der Waals surface area (Å²) >= 11 is 0. The number of nitrogens with one attached hydrogen (secondary N) is 2. The number of fused-ring (bicyclic) bond motifs is 1. The lowest BCUT2D eigenvalue weighted by Gasteiger charge is -2.15. The van der Waals surface area contributed by atoms with Gasteiger partial charge in [-0.3, -0.25) is 0 Å². The Bertz CT molecular complexity index is 592. The molecule has 2 aromatic carbocycles. The fourth-order valence-electron chi connectivity index (χ4n) is 1.97. The molecule has 0 unspecified atom stereocenters. The van der Waals surface area contributed by atoms with Crippen LogP contribution in [0.4, 0.5) is 4.79 Å². The van der Waals surface area contributed by atoms with Crippen molar-refractivity contribution in [3.8, 4) is 0 Å². The average molecular weight is 254 g/mol. The Morgan fingerprint density at radius 2 is 2.00 bits per heavy atom. The topological polar surface area (TPSA) is 41.1 Å². The van der Waals surface area contributed by atoms with Gasteiger partial charge in [-0.25, -0.2) is 4.79 Å².